The van der Waals surface area contributed by atoms with Crippen LogP contribution in [-0.2, 0) is 9.53 Å². The van der Waals surface area contributed by atoms with E-state index >= 15 is 0 Å². The predicted molar refractivity (Wildman–Crippen MR) is 61.8 cm³/mol. The van der Waals surface area contributed by atoms with Gasteiger partial charge in [0, 0.05) is 32.8 Å². The van der Waals surface area contributed by atoms with Crippen molar-refractivity contribution in [3.05, 3.63) is 0 Å². The monoisotopic (exact) mass is 244 g/mol. The summed E-state index contributed by atoms with van der Waals surface area (Å²) in [6.45, 7) is 4.63. The molecule has 0 aromatic rings. The molecule has 17 heavy (non-hydrogen) atoms. The second kappa shape index (κ2) is 7.11. The fourth-order valence-electron chi connectivity index (χ4n) is 1.53. The van der Waals surface area contributed by atoms with Gasteiger partial charge in [-0.1, -0.05) is 6.92 Å². The molecule has 98 valence electrons. The first-order chi connectivity index (χ1) is 8.15. The smallest absolute Gasteiger partial charge is 0.317 e. The first-order valence-electron chi connectivity index (χ1n) is 5.98. The van der Waals surface area contributed by atoms with Gasteiger partial charge < -0.3 is 20.1 Å². The van der Waals surface area contributed by atoms with Crippen molar-refractivity contribution in [3.8, 4) is 0 Å². The first kappa shape index (κ1) is 13.8. The van der Waals surface area contributed by atoms with Crippen LogP contribution in [0.5, 0.6) is 0 Å². The Kier molecular flexibility index (Phi) is 5.76. The lowest BCUT2D eigenvalue weighted by Crippen LogP contribution is -2.56. The number of aliphatic carboxylic acids is 1. The molecule has 0 bridgehead atoms. The van der Waals surface area contributed by atoms with Crippen molar-refractivity contribution in [2.24, 2.45) is 5.92 Å². The Bertz CT molecular complexity index is 264. The summed E-state index contributed by atoms with van der Waals surface area (Å²) < 4.78 is 5.27. The van der Waals surface area contributed by atoms with Crippen LogP contribution in [0.3, 0.4) is 0 Å². The van der Waals surface area contributed by atoms with E-state index in [4.69, 9.17) is 9.84 Å². The fraction of sp³-hybridized carbons (Fsp3) is 0.818. The highest BCUT2D eigenvalue weighted by molar-refractivity contribution is 5.79. The van der Waals surface area contributed by atoms with Gasteiger partial charge in [-0.05, 0) is 12.8 Å². The van der Waals surface area contributed by atoms with Crippen molar-refractivity contribution >= 4 is 12.0 Å². The van der Waals surface area contributed by atoms with E-state index in [1.54, 1.807) is 0 Å². The molecule has 1 heterocycles. The van der Waals surface area contributed by atoms with Crippen molar-refractivity contribution in [1.29, 1.82) is 0 Å². The van der Waals surface area contributed by atoms with E-state index in [-0.39, 0.29) is 6.03 Å². The molecular formula is C11H20N2O4. The van der Waals surface area contributed by atoms with Gasteiger partial charge in [0.25, 0.3) is 0 Å². The summed E-state index contributed by atoms with van der Waals surface area (Å²) in [5, 5.41) is 11.4. The zero-order valence-corrected chi connectivity index (χ0v) is 10.1. The number of carboxylic acid groups (broad SMARTS) is 1. The molecule has 2 N–H and O–H groups in total. The van der Waals surface area contributed by atoms with E-state index in [2.05, 4.69) is 5.32 Å². The Morgan fingerprint density at radius 1 is 1.41 bits per heavy atom. The average Bonchev–Trinajstić information content (AvgIpc) is 2.20. The van der Waals surface area contributed by atoms with Gasteiger partial charge in [-0.25, -0.2) is 4.79 Å². The van der Waals surface area contributed by atoms with Gasteiger partial charge in [-0.15, -0.1) is 0 Å². The molecule has 6 nitrogen and oxygen atoms in total. The number of ether oxygens (including phenoxy) is 1. The van der Waals surface area contributed by atoms with Crippen LogP contribution >= 0.6 is 0 Å². The van der Waals surface area contributed by atoms with Crippen LogP contribution in [0, 0.1) is 5.92 Å². The topological polar surface area (TPSA) is 78.9 Å². The molecule has 0 radical (unpaired) electrons. The lowest BCUT2D eigenvalue weighted by Gasteiger charge is -2.36. The van der Waals surface area contributed by atoms with E-state index in [9.17, 15) is 9.59 Å². The van der Waals surface area contributed by atoms with Gasteiger partial charge in [0.1, 0.15) is 0 Å². The van der Waals surface area contributed by atoms with E-state index in [1.807, 2.05) is 6.92 Å². The number of hydrogen-bond donors (Lipinski definition) is 2. The van der Waals surface area contributed by atoms with Gasteiger partial charge >= 0.3 is 12.0 Å². The summed E-state index contributed by atoms with van der Waals surface area (Å²) in [6.07, 6.45) is 1.78. The van der Waals surface area contributed by atoms with Crippen LogP contribution in [0.15, 0.2) is 0 Å². The number of nitrogens with zero attached hydrogens (tertiary/aromatic N) is 1. The third-order valence-electron chi connectivity index (χ3n) is 2.61. The Hall–Kier alpha value is -1.30. The minimum absolute atomic E-state index is 0.182. The summed E-state index contributed by atoms with van der Waals surface area (Å²) in [7, 11) is 0. The first-order valence-corrected chi connectivity index (χ1v) is 5.98. The molecule has 0 aromatic carbocycles. The number of urea groups is 1. The van der Waals surface area contributed by atoms with Crippen LogP contribution in [0.2, 0.25) is 0 Å². The zero-order valence-electron chi connectivity index (χ0n) is 10.1. The third-order valence-corrected chi connectivity index (χ3v) is 2.61. The van der Waals surface area contributed by atoms with E-state index < -0.39 is 11.9 Å². The van der Waals surface area contributed by atoms with Crippen molar-refractivity contribution in [2.75, 3.05) is 32.8 Å². The molecule has 0 spiro atoms. The third kappa shape index (κ3) is 4.60. The molecular weight excluding hydrogens is 224 g/mol. The molecule has 0 atom stereocenters. The van der Waals surface area contributed by atoms with Crippen molar-refractivity contribution in [2.45, 2.75) is 19.8 Å². The Labute approximate surface area is 101 Å². The van der Waals surface area contributed by atoms with Crippen LogP contribution in [0.25, 0.3) is 0 Å². The number of amides is 2. The van der Waals surface area contributed by atoms with Gasteiger partial charge in [0.05, 0.1) is 5.92 Å². The number of rotatable bonds is 7. The Balaban J connectivity index is 1.98. The fourth-order valence-corrected chi connectivity index (χ4v) is 1.53. The van der Waals surface area contributed by atoms with Gasteiger partial charge in [0.2, 0.25) is 0 Å². The van der Waals surface area contributed by atoms with E-state index in [1.165, 1.54) is 4.90 Å². The number of likely N-dealkylation sites (tertiary alicyclic amines) is 1. The highest BCUT2D eigenvalue weighted by Gasteiger charge is 2.35. The molecule has 0 saturated carbocycles. The second-order valence-electron chi connectivity index (χ2n) is 4.14. The standard InChI is InChI=1S/C11H20N2O4/c1-2-5-17-6-3-4-12-11(16)13-7-9(8-13)10(14)15/h9H,2-8H2,1H3,(H,12,16)(H,14,15). The summed E-state index contributed by atoms with van der Waals surface area (Å²) in [4.78, 5) is 23.5. The quantitative estimate of drug-likeness (QED) is 0.640. The minimum Gasteiger partial charge on any atom is -0.481 e. The molecule has 6 heteroatoms. The largest absolute Gasteiger partial charge is 0.481 e. The van der Waals surface area contributed by atoms with E-state index in [0.717, 1.165) is 19.4 Å². The maximum Gasteiger partial charge on any atom is 0.317 e. The minimum atomic E-state index is -0.831. The highest BCUT2D eigenvalue weighted by atomic mass is 16.5. The zero-order chi connectivity index (χ0) is 12.7. The molecule has 0 unspecified atom stereocenters. The Morgan fingerprint density at radius 3 is 2.71 bits per heavy atom. The van der Waals surface area contributed by atoms with Crippen LogP contribution < -0.4 is 5.32 Å². The SMILES string of the molecule is CCCOCCCNC(=O)N1CC(C(=O)O)C1. The predicted octanol–water partition coefficient (Wildman–Crippen LogP) is 0.529. The summed E-state index contributed by atoms with van der Waals surface area (Å²) in [6, 6.07) is -0.182. The van der Waals surface area contributed by atoms with Crippen molar-refractivity contribution < 1.29 is 19.4 Å². The molecule has 1 aliphatic rings. The van der Waals surface area contributed by atoms with E-state index in [0.29, 0.717) is 26.2 Å². The number of carbonyl (C=O) groups excluding carboxylic acids is 1. The average molecular weight is 244 g/mol. The molecule has 2 amide bonds. The maximum atomic E-state index is 11.5. The van der Waals surface area contributed by atoms with Crippen LogP contribution in [-0.4, -0.2) is 54.9 Å². The van der Waals surface area contributed by atoms with Crippen LogP contribution in [0.4, 0.5) is 4.79 Å². The number of carbonyl (C=O) groups is 2. The molecule has 1 fully saturated rings. The molecule has 0 aromatic heterocycles. The van der Waals surface area contributed by atoms with Gasteiger partial charge in [-0.2, -0.15) is 0 Å². The summed E-state index contributed by atoms with van der Waals surface area (Å²) in [5.74, 6) is -1.23. The lowest BCUT2D eigenvalue weighted by molar-refractivity contribution is -0.146. The van der Waals surface area contributed by atoms with Gasteiger partial charge in [-0.3, -0.25) is 4.79 Å². The molecule has 1 rings (SSSR count). The molecule has 1 saturated heterocycles. The Morgan fingerprint density at radius 2 is 2.12 bits per heavy atom. The number of nitrogens with one attached hydrogen (secondary N) is 1. The maximum absolute atomic E-state index is 11.5. The van der Waals surface area contributed by atoms with Gasteiger partial charge in [0.15, 0.2) is 0 Å². The molecule has 1 aliphatic heterocycles. The summed E-state index contributed by atoms with van der Waals surface area (Å²) >= 11 is 0. The lowest BCUT2D eigenvalue weighted by atomic mass is 10.0. The number of carboxylic acids is 1. The summed E-state index contributed by atoms with van der Waals surface area (Å²) in [5.41, 5.74) is 0. The normalized spacial score (nSPS) is 15.5. The number of hydrogen-bond acceptors (Lipinski definition) is 3. The van der Waals surface area contributed by atoms with Crippen molar-refractivity contribution in [1.82, 2.24) is 10.2 Å². The second-order valence-corrected chi connectivity index (χ2v) is 4.14. The van der Waals surface area contributed by atoms with Crippen LogP contribution in [0.1, 0.15) is 19.8 Å². The molecule has 0 aliphatic carbocycles. The van der Waals surface area contributed by atoms with Crippen molar-refractivity contribution in [3.63, 3.8) is 0 Å². The highest BCUT2D eigenvalue weighted by Crippen LogP contribution is 2.14.